The minimum absolute atomic E-state index is 0.539. The second-order valence-electron chi connectivity index (χ2n) is 2.39. The van der Waals surface area contributed by atoms with Crippen molar-refractivity contribution in [3.05, 3.63) is 12.7 Å². The van der Waals surface area contributed by atoms with Gasteiger partial charge in [0.05, 0.1) is 5.84 Å². The third-order valence-corrected chi connectivity index (χ3v) is 1.32. The first kappa shape index (κ1) is 10.2. The number of rotatable bonds is 6. The van der Waals surface area contributed by atoms with Gasteiger partial charge in [-0.3, -0.25) is 5.41 Å². The molecule has 0 amide bonds. The molecule has 3 heteroatoms. The largest absolute Gasteiger partial charge is 0.374 e. The Hall–Kier alpha value is -0.830. The zero-order valence-electron chi connectivity index (χ0n) is 6.90. The van der Waals surface area contributed by atoms with Crippen LogP contribution in [-0.4, -0.2) is 18.9 Å². The molecule has 0 aromatic rings. The lowest BCUT2D eigenvalue weighted by Crippen LogP contribution is -2.23. The van der Waals surface area contributed by atoms with Crippen LogP contribution in [-0.2, 0) is 0 Å². The Kier molecular flexibility index (Phi) is 6.73. The van der Waals surface area contributed by atoms with Crippen LogP contribution in [0.1, 0.15) is 19.3 Å². The van der Waals surface area contributed by atoms with Gasteiger partial charge in [-0.15, -0.1) is 6.58 Å². The maximum absolute atomic E-state index is 7.31. The molecule has 0 aromatic heterocycles. The molecule has 0 unspecified atom stereocenters. The maximum atomic E-state index is 7.31. The molecule has 0 bridgehead atoms. The lowest BCUT2D eigenvalue weighted by atomic mass is 10.3. The van der Waals surface area contributed by atoms with Crippen molar-refractivity contribution in [2.24, 2.45) is 5.73 Å². The molecular formula is C8H17N3. The molecule has 0 saturated heterocycles. The SMILES string of the molecule is C=CCC(=N)NCCCCN. The molecule has 0 aromatic carbocycles. The van der Waals surface area contributed by atoms with Crippen LogP contribution in [0.3, 0.4) is 0 Å². The highest BCUT2D eigenvalue weighted by Gasteiger charge is 1.90. The van der Waals surface area contributed by atoms with Gasteiger partial charge in [-0.1, -0.05) is 6.08 Å². The van der Waals surface area contributed by atoms with Crippen LogP contribution in [0, 0.1) is 5.41 Å². The van der Waals surface area contributed by atoms with Crippen molar-refractivity contribution >= 4 is 5.84 Å². The van der Waals surface area contributed by atoms with Crippen LogP contribution >= 0.6 is 0 Å². The molecular weight excluding hydrogens is 138 g/mol. The normalized spacial score (nSPS) is 9.18. The molecule has 0 aliphatic carbocycles. The Morgan fingerprint density at radius 3 is 2.82 bits per heavy atom. The molecule has 11 heavy (non-hydrogen) atoms. The summed E-state index contributed by atoms with van der Waals surface area (Å²) in [6.07, 6.45) is 4.41. The Morgan fingerprint density at radius 1 is 1.55 bits per heavy atom. The lowest BCUT2D eigenvalue weighted by Gasteiger charge is -2.04. The standard InChI is InChI=1S/C8H17N3/c1-2-5-8(10)11-7-4-3-6-9/h2H,1,3-7,9H2,(H2,10,11). The minimum atomic E-state index is 0.539. The van der Waals surface area contributed by atoms with Crippen LogP contribution < -0.4 is 11.1 Å². The van der Waals surface area contributed by atoms with Crippen LogP contribution in [0.2, 0.25) is 0 Å². The van der Waals surface area contributed by atoms with Crippen LogP contribution in [0.15, 0.2) is 12.7 Å². The number of hydrogen-bond donors (Lipinski definition) is 3. The summed E-state index contributed by atoms with van der Waals surface area (Å²) >= 11 is 0. The zero-order chi connectivity index (χ0) is 8.53. The highest BCUT2D eigenvalue weighted by molar-refractivity contribution is 5.80. The number of nitrogens with one attached hydrogen (secondary N) is 2. The summed E-state index contributed by atoms with van der Waals surface area (Å²) in [5.74, 6) is 0.539. The summed E-state index contributed by atoms with van der Waals surface area (Å²) < 4.78 is 0. The minimum Gasteiger partial charge on any atom is -0.374 e. The molecule has 3 nitrogen and oxygen atoms in total. The van der Waals surface area contributed by atoms with Crippen molar-refractivity contribution in [2.75, 3.05) is 13.1 Å². The highest BCUT2D eigenvalue weighted by Crippen LogP contribution is 1.84. The first-order valence-electron chi connectivity index (χ1n) is 3.93. The second-order valence-corrected chi connectivity index (χ2v) is 2.39. The van der Waals surface area contributed by atoms with E-state index in [0.29, 0.717) is 12.3 Å². The van der Waals surface area contributed by atoms with Gasteiger partial charge in [-0.25, -0.2) is 0 Å². The van der Waals surface area contributed by atoms with E-state index < -0.39 is 0 Å². The van der Waals surface area contributed by atoms with Crippen molar-refractivity contribution in [2.45, 2.75) is 19.3 Å². The predicted octanol–water partition coefficient (Wildman–Crippen LogP) is 0.868. The third kappa shape index (κ3) is 7.06. The van der Waals surface area contributed by atoms with Gasteiger partial charge in [0.25, 0.3) is 0 Å². The summed E-state index contributed by atoms with van der Waals surface area (Å²) in [5, 5.41) is 10.3. The van der Waals surface area contributed by atoms with E-state index in [0.717, 1.165) is 25.9 Å². The van der Waals surface area contributed by atoms with Crippen molar-refractivity contribution in [3.63, 3.8) is 0 Å². The van der Waals surface area contributed by atoms with E-state index in [9.17, 15) is 0 Å². The lowest BCUT2D eigenvalue weighted by molar-refractivity contribution is 0.713. The number of amidine groups is 1. The number of nitrogens with two attached hydrogens (primary N) is 1. The molecule has 0 rings (SSSR count). The molecule has 4 N–H and O–H groups in total. The summed E-state index contributed by atoms with van der Waals surface area (Å²) in [6, 6.07) is 0. The monoisotopic (exact) mass is 155 g/mol. The molecule has 0 aliphatic heterocycles. The molecule has 0 heterocycles. The summed E-state index contributed by atoms with van der Waals surface area (Å²) in [5.41, 5.74) is 5.31. The van der Waals surface area contributed by atoms with E-state index in [2.05, 4.69) is 11.9 Å². The average molecular weight is 155 g/mol. The Bertz CT molecular complexity index is 121. The van der Waals surface area contributed by atoms with Gasteiger partial charge in [0, 0.05) is 13.0 Å². The zero-order valence-corrected chi connectivity index (χ0v) is 6.90. The quantitative estimate of drug-likeness (QED) is 0.231. The highest BCUT2D eigenvalue weighted by atomic mass is 14.9. The van der Waals surface area contributed by atoms with E-state index in [1.54, 1.807) is 6.08 Å². The van der Waals surface area contributed by atoms with Gasteiger partial charge < -0.3 is 11.1 Å². The predicted molar refractivity (Wildman–Crippen MR) is 48.8 cm³/mol. The van der Waals surface area contributed by atoms with Crippen molar-refractivity contribution in [1.82, 2.24) is 5.32 Å². The second kappa shape index (κ2) is 7.28. The molecule has 0 aliphatic rings. The van der Waals surface area contributed by atoms with Gasteiger partial charge in [-0.2, -0.15) is 0 Å². The number of unbranched alkanes of at least 4 members (excludes halogenated alkanes) is 1. The third-order valence-electron chi connectivity index (χ3n) is 1.32. The van der Waals surface area contributed by atoms with Crippen molar-refractivity contribution in [1.29, 1.82) is 5.41 Å². The fraction of sp³-hybridized carbons (Fsp3) is 0.625. The van der Waals surface area contributed by atoms with E-state index in [1.807, 2.05) is 0 Å². The van der Waals surface area contributed by atoms with Crippen LogP contribution in [0.4, 0.5) is 0 Å². The van der Waals surface area contributed by atoms with Crippen molar-refractivity contribution in [3.8, 4) is 0 Å². The molecule has 0 spiro atoms. The number of hydrogen-bond acceptors (Lipinski definition) is 2. The Labute approximate surface area is 68.2 Å². The van der Waals surface area contributed by atoms with Gasteiger partial charge >= 0.3 is 0 Å². The van der Waals surface area contributed by atoms with E-state index in [-0.39, 0.29) is 0 Å². The van der Waals surface area contributed by atoms with Gasteiger partial charge in [-0.05, 0) is 19.4 Å². The van der Waals surface area contributed by atoms with E-state index in [4.69, 9.17) is 11.1 Å². The Balaban J connectivity index is 3.10. The first-order chi connectivity index (χ1) is 5.31. The van der Waals surface area contributed by atoms with Gasteiger partial charge in [0.2, 0.25) is 0 Å². The molecule has 0 saturated carbocycles. The summed E-state index contributed by atoms with van der Waals surface area (Å²) in [4.78, 5) is 0. The van der Waals surface area contributed by atoms with Crippen molar-refractivity contribution < 1.29 is 0 Å². The topological polar surface area (TPSA) is 61.9 Å². The van der Waals surface area contributed by atoms with Gasteiger partial charge in [0.15, 0.2) is 0 Å². The average Bonchev–Trinajstić information content (AvgIpc) is 1.99. The molecule has 0 radical (unpaired) electrons. The summed E-state index contributed by atoms with van der Waals surface area (Å²) in [6.45, 7) is 5.13. The summed E-state index contributed by atoms with van der Waals surface area (Å²) in [7, 11) is 0. The van der Waals surface area contributed by atoms with Crippen LogP contribution in [0.25, 0.3) is 0 Å². The van der Waals surface area contributed by atoms with Crippen LogP contribution in [0.5, 0.6) is 0 Å². The molecule has 0 fully saturated rings. The molecule has 0 atom stereocenters. The molecule has 64 valence electrons. The first-order valence-corrected chi connectivity index (χ1v) is 3.93. The fourth-order valence-electron chi connectivity index (χ4n) is 0.725. The van der Waals surface area contributed by atoms with E-state index >= 15 is 0 Å². The smallest absolute Gasteiger partial charge is 0.0970 e. The van der Waals surface area contributed by atoms with E-state index in [1.165, 1.54) is 0 Å². The van der Waals surface area contributed by atoms with Gasteiger partial charge in [0.1, 0.15) is 0 Å². The maximum Gasteiger partial charge on any atom is 0.0970 e. The Morgan fingerprint density at radius 2 is 2.27 bits per heavy atom. The fourth-order valence-corrected chi connectivity index (χ4v) is 0.725.